The molecular formula is C19H10Cl2O2S. The Morgan fingerprint density at radius 2 is 1.71 bits per heavy atom. The monoisotopic (exact) mass is 372 g/mol. The van der Waals surface area contributed by atoms with E-state index in [1.54, 1.807) is 12.1 Å². The summed E-state index contributed by atoms with van der Waals surface area (Å²) in [5.74, 6) is 1.24. The van der Waals surface area contributed by atoms with Gasteiger partial charge < -0.3 is 4.42 Å². The number of ketones is 1. The van der Waals surface area contributed by atoms with Crippen LogP contribution in [0.2, 0.25) is 10.0 Å². The molecule has 0 radical (unpaired) electrons. The van der Waals surface area contributed by atoms with E-state index in [1.807, 2.05) is 48.5 Å². The molecule has 4 rings (SSSR count). The van der Waals surface area contributed by atoms with Crippen molar-refractivity contribution >= 4 is 46.8 Å². The number of furan rings is 1. The highest BCUT2D eigenvalue weighted by atomic mass is 35.5. The number of allylic oxidation sites excluding steroid dienone is 1. The molecule has 24 heavy (non-hydrogen) atoms. The third-order valence-corrected chi connectivity index (χ3v) is 5.61. The molecule has 0 atom stereocenters. The average Bonchev–Trinajstić information content (AvgIpc) is 3.16. The Morgan fingerprint density at radius 1 is 0.917 bits per heavy atom. The minimum atomic E-state index is 0.0225. The molecule has 0 amide bonds. The summed E-state index contributed by atoms with van der Waals surface area (Å²) in [5.41, 5.74) is 1.46. The highest BCUT2D eigenvalue weighted by Gasteiger charge is 2.25. The van der Waals surface area contributed by atoms with E-state index in [-0.39, 0.29) is 5.78 Å². The van der Waals surface area contributed by atoms with Crippen molar-refractivity contribution < 1.29 is 9.21 Å². The summed E-state index contributed by atoms with van der Waals surface area (Å²) in [4.78, 5) is 14.0. The fourth-order valence-electron chi connectivity index (χ4n) is 2.53. The Bertz CT molecular complexity index is 989. The second-order valence-electron chi connectivity index (χ2n) is 5.24. The highest BCUT2D eigenvalue weighted by molar-refractivity contribution is 8.04. The number of Topliss-reactive ketones (excluding diaryl/α,β-unsaturated/α-hetero) is 1. The molecule has 2 aromatic carbocycles. The highest BCUT2D eigenvalue weighted by Crippen LogP contribution is 2.41. The molecule has 2 nitrogen and oxygen atoms in total. The van der Waals surface area contributed by atoms with Gasteiger partial charge in [0.25, 0.3) is 0 Å². The van der Waals surface area contributed by atoms with Crippen LogP contribution in [0.25, 0.3) is 17.4 Å². The number of halogens is 2. The van der Waals surface area contributed by atoms with E-state index >= 15 is 0 Å². The lowest BCUT2D eigenvalue weighted by Gasteiger charge is -2.02. The predicted molar refractivity (Wildman–Crippen MR) is 98.8 cm³/mol. The molecule has 0 N–H and O–H groups in total. The third-order valence-electron chi connectivity index (χ3n) is 3.69. The van der Waals surface area contributed by atoms with Gasteiger partial charge in [-0.05, 0) is 42.5 Å². The number of carbonyl (C=O) groups is 1. The molecule has 1 aliphatic rings. The minimum Gasteiger partial charge on any atom is -0.457 e. The second-order valence-corrected chi connectivity index (χ2v) is 7.11. The van der Waals surface area contributed by atoms with Gasteiger partial charge in [0.1, 0.15) is 11.5 Å². The quantitative estimate of drug-likeness (QED) is 0.475. The zero-order valence-corrected chi connectivity index (χ0v) is 14.6. The molecule has 0 saturated heterocycles. The second kappa shape index (κ2) is 6.17. The number of carbonyl (C=O) groups excluding carboxylic acids is 1. The fraction of sp³-hybridized carbons (Fsp3) is 0. The third kappa shape index (κ3) is 2.69. The number of fused-ring (bicyclic) bond motifs is 1. The zero-order chi connectivity index (χ0) is 16.7. The summed E-state index contributed by atoms with van der Waals surface area (Å²) in [5, 5.41) is 0.925. The van der Waals surface area contributed by atoms with E-state index in [9.17, 15) is 4.79 Å². The van der Waals surface area contributed by atoms with Crippen LogP contribution in [-0.4, -0.2) is 5.78 Å². The molecule has 118 valence electrons. The molecule has 2 heterocycles. The van der Waals surface area contributed by atoms with Gasteiger partial charge in [-0.25, -0.2) is 0 Å². The smallest absolute Gasteiger partial charge is 0.200 e. The number of benzene rings is 2. The van der Waals surface area contributed by atoms with Crippen LogP contribution in [0.1, 0.15) is 16.1 Å². The van der Waals surface area contributed by atoms with E-state index in [0.717, 1.165) is 16.0 Å². The van der Waals surface area contributed by atoms with E-state index in [2.05, 4.69) is 0 Å². The van der Waals surface area contributed by atoms with Crippen molar-refractivity contribution in [2.45, 2.75) is 4.90 Å². The summed E-state index contributed by atoms with van der Waals surface area (Å²) in [6.45, 7) is 0. The summed E-state index contributed by atoms with van der Waals surface area (Å²) >= 11 is 13.7. The van der Waals surface area contributed by atoms with Gasteiger partial charge in [-0.2, -0.15) is 0 Å². The Morgan fingerprint density at radius 3 is 2.54 bits per heavy atom. The molecule has 0 saturated carbocycles. The minimum absolute atomic E-state index is 0.0225. The standard InChI is InChI=1S/C19H10Cl2O2S/c20-14-6-3-5-12(18(14)21)15-9-8-11(23-15)10-17-19(22)13-4-1-2-7-16(13)24-17/h1-10H/b17-10+. The summed E-state index contributed by atoms with van der Waals surface area (Å²) in [6.07, 6.45) is 1.76. The largest absolute Gasteiger partial charge is 0.457 e. The van der Waals surface area contributed by atoms with E-state index in [0.29, 0.717) is 26.5 Å². The first-order valence-corrected chi connectivity index (χ1v) is 8.78. The van der Waals surface area contributed by atoms with Gasteiger partial charge in [0.2, 0.25) is 5.78 Å². The topological polar surface area (TPSA) is 30.2 Å². The number of rotatable bonds is 2. The summed E-state index contributed by atoms with van der Waals surface area (Å²) in [7, 11) is 0. The predicted octanol–water partition coefficient (Wildman–Crippen LogP) is 6.58. The Hall–Kier alpha value is -1.94. The van der Waals surface area contributed by atoms with Crippen molar-refractivity contribution in [3.63, 3.8) is 0 Å². The van der Waals surface area contributed by atoms with Crippen LogP contribution in [0.4, 0.5) is 0 Å². The SMILES string of the molecule is O=C1/C(=C\c2ccc(-c3cccc(Cl)c3Cl)o2)Sc2ccccc21. The van der Waals surface area contributed by atoms with Crippen LogP contribution in [0.15, 0.2) is 68.8 Å². The van der Waals surface area contributed by atoms with Crippen molar-refractivity contribution in [2.24, 2.45) is 0 Å². The van der Waals surface area contributed by atoms with Gasteiger partial charge >= 0.3 is 0 Å². The van der Waals surface area contributed by atoms with Crippen molar-refractivity contribution in [3.05, 3.63) is 80.9 Å². The van der Waals surface area contributed by atoms with E-state index < -0.39 is 0 Å². The van der Waals surface area contributed by atoms with Crippen LogP contribution in [0.3, 0.4) is 0 Å². The molecule has 3 aromatic rings. The maximum absolute atomic E-state index is 12.4. The molecule has 1 aromatic heterocycles. The normalized spacial score (nSPS) is 15.1. The molecular weight excluding hydrogens is 363 g/mol. The lowest BCUT2D eigenvalue weighted by Crippen LogP contribution is -1.93. The number of thioether (sulfide) groups is 1. The van der Waals surface area contributed by atoms with E-state index in [1.165, 1.54) is 11.8 Å². The zero-order valence-electron chi connectivity index (χ0n) is 12.3. The molecule has 5 heteroatoms. The Labute approximate surface area is 153 Å². The molecule has 0 spiro atoms. The van der Waals surface area contributed by atoms with Gasteiger partial charge in [-0.1, -0.05) is 53.2 Å². The van der Waals surface area contributed by atoms with Crippen molar-refractivity contribution in [1.29, 1.82) is 0 Å². The maximum Gasteiger partial charge on any atom is 0.200 e. The van der Waals surface area contributed by atoms with Gasteiger partial charge in [-0.3, -0.25) is 4.79 Å². The van der Waals surface area contributed by atoms with Crippen LogP contribution in [-0.2, 0) is 0 Å². The van der Waals surface area contributed by atoms with Gasteiger partial charge in [-0.15, -0.1) is 0 Å². The summed E-state index contributed by atoms with van der Waals surface area (Å²) < 4.78 is 5.83. The number of hydrogen-bond donors (Lipinski definition) is 0. The van der Waals surface area contributed by atoms with Crippen molar-refractivity contribution in [2.75, 3.05) is 0 Å². The lowest BCUT2D eigenvalue weighted by molar-refractivity contribution is 0.104. The lowest BCUT2D eigenvalue weighted by atomic mass is 10.1. The van der Waals surface area contributed by atoms with Crippen LogP contribution >= 0.6 is 35.0 Å². The molecule has 0 bridgehead atoms. The molecule has 0 aliphatic carbocycles. The van der Waals surface area contributed by atoms with Gasteiger partial charge in [0.15, 0.2) is 0 Å². The summed E-state index contributed by atoms with van der Waals surface area (Å²) in [6, 6.07) is 16.6. The van der Waals surface area contributed by atoms with Crippen LogP contribution in [0.5, 0.6) is 0 Å². The van der Waals surface area contributed by atoms with Crippen molar-refractivity contribution in [3.8, 4) is 11.3 Å². The fourth-order valence-corrected chi connectivity index (χ4v) is 3.96. The Kier molecular flexibility index (Phi) is 4.01. The molecule has 1 aliphatic heterocycles. The van der Waals surface area contributed by atoms with Crippen molar-refractivity contribution in [1.82, 2.24) is 0 Å². The first-order chi connectivity index (χ1) is 11.6. The van der Waals surface area contributed by atoms with Crippen LogP contribution < -0.4 is 0 Å². The Balaban J connectivity index is 1.67. The van der Waals surface area contributed by atoms with Gasteiger partial charge in [0.05, 0.1) is 15.0 Å². The number of hydrogen-bond acceptors (Lipinski definition) is 3. The first kappa shape index (κ1) is 15.6. The van der Waals surface area contributed by atoms with Crippen LogP contribution in [0, 0.1) is 0 Å². The molecule has 0 unspecified atom stereocenters. The molecule has 0 fully saturated rings. The van der Waals surface area contributed by atoms with E-state index in [4.69, 9.17) is 27.6 Å². The average molecular weight is 373 g/mol. The van der Waals surface area contributed by atoms with Gasteiger partial charge in [0, 0.05) is 16.0 Å². The first-order valence-electron chi connectivity index (χ1n) is 7.21. The maximum atomic E-state index is 12.4.